The third kappa shape index (κ3) is 5.02. The van der Waals surface area contributed by atoms with Crippen LogP contribution in [0.25, 0.3) is 0 Å². The fraction of sp³-hybridized carbons (Fsp3) is 0.857. The Bertz CT molecular complexity index is 235. The molecule has 0 aliphatic heterocycles. The van der Waals surface area contributed by atoms with Crippen molar-refractivity contribution in [2.24, 2.45) is 5.92 Å². The van der Waals surface area contributed by atoms with Gasteiger partial charge in [0.25, 0.3) is 0 Å². The van der Waals surface area contributed by atoms with Crippen molar-refractivity contribution in [3.8, 4) is 6.07 Å². The summed E-state index contributed by atoms with van der Waals surface area (Å²) in [7, 11) is -4.04. The van der Waals surface area contributed by atoms with Gasteiger partial charge in [0.1, 0.15) is 0 Å². The molecule has 0 aromatic heterocycles. The van der Waals surface area contributed by atoms with Crippen LogP contribution in [0.2, 0.25) is 0 Å². The topological polar surface area (TPSA) is 79.6 Å². The maximum Gasteiger partial charge on any atom is 0.473 e. The molecule has 0 saturated heterocycles. The molecule has 0 rings (SSSR count). The van der Waals surface area contributed by atoms with Crippen LogP contribution in [0.3, 0.4) is 0 Å². The van der Waals surface area contributed by atoms with E-state index in [4.69, 9.17) is 10.2 Å². The van der Waals surface area contributed by atoms with Gasteiger partial charge in [-0.05, 0) is 12.8 Å². The number of phosphoric ester groups is 1. The number of rotatable bonds is 5. The molecule has 0 aromatic carbocycles. The Morgan fingerprint density at radius 3 is 2.46 bits per heavy atom. The van der Waals surface area contributed by atoms with Gasteiger partial charge in [0.2, 0.25) is 0 Å². The van der Waals surface area contributed by atoms with Gasteiger partial charge in [0, 0.05) is 0 Å². The Morgan fingerprint density at radius 1 is 1.62 bits per heavy atom. The summed E-state index contributed by atoms with van der Waals surface area (Å²) in [6.45, 7) is 5.09. The third-order valence-electron chi connectivity index (χ3n) is 1.27. The Labute approximate surface area is 77.9 Å². The van der Waals surface area contributed by atoms with Gasteiger partial charge in [-0.3, -0.25) is 9.05 Å². The molecule has 76 valence electrons. The molecule has 0 radical (unpaired) electrons. The minimum absolute atomic E-state index is 0.0734. The monoisotopic (exact) mass is 207 g/mol. The molecule has 0 aromatic rings. The van der Waals surface area contributed by atoms with Crippen LogP contribution in [-0.4, -0.2) is 17.6 Å². The summed E-state index contributed by atoms with van der Waals surface area (Å²) in [6, 6.07) is 1.78. The standard InChI is InChI=1S/C7H14NO4P/c1-4-11-13(9,10)12-7(5-8)6(2)3/h6-7H,4H2,1-3H3,(H,9,10). The summed E-state index contributed by atoms with van der Waals surface area (Å²) in [4.78, 5) is 9.02. The summed E-state index contributed by atoms with van der Waals surface area (Å²) >= 11 is 0. The first-order chi connectivity index (χ1) is 5.93. The Hall–Kier alpha value is -0.400. The van der Waals surface area contributed by atoms with Crippen LogP contribution in [0, 0.1) is 17.2 Å². The van der Waals surface area contributed by atoms with Crippen LogP contribution < -0.4 is 0 Å². The lowest BCUT2D eigenvalue weighted by molar-refractivity contribution is 0.111. The van der Waals surface area contributed by atoms with Crippen LogP contribution in [-0.2, 0) is 13.6 Å². The average Bonchev–Trinajstić information content (AvgIpc) is 1.99. The van der Waals surface area contributed by atoms with Gasteiger partial charge >= 0.3 is 7.82 Å². The highest BCUT2D eigenvalue weighted by Gasteiger charge is 2.27. The van der Waals surface area contributed by atoms with Crippen LogP contribution in [0.4, 0.5) is 0 Å². The van der Waals surface area contributed by atoms with Crippen molar-refractivity contribution in [3.05, 3.63) is 0 Å². The minimum atomic E-state index is -4.04. The predicted octanol–water partition coefficient (Wildman–Crippen LogP) is 1.69. The van der Waals surface area contributed by atoms with E-state index in [0.717, 1.165) is 0 Å². The smallest absolute Gasteiger partial charge is 0.302 e. The van der Waals surface area contributed by atoms with E-state index in [1.54, 1.807) is 26.8 Å². The SMILES string of the molecule is CCOP(=O)(O)OC(C#N)C(C)C. The van der Waals surface area contributed by atoms with Gasteiger partial charge in [-0.1, -0.05) is 13.8 Å². The van der Waals surface area contributed by atoms with Gasteiger partial charge < -0.3 is 4.89 Å². The normalized spacial score (nSPS) is 17.8. The second kappa shape index (κ2) is 5.36. The van der Waals surface area contributed by atoms with Crippen molar-refractivity contribution in [1.29, 1.82) is 5.26 Å². The molecule has 6 heteroatoms. The fourth-order valence-electron chi connectivity index (χ4n) is 0.631. The zero-order valence-electron chi connectivity index (χ0n) is 7.93. The third-order valence-corrected chi connectivity index (χ3v) is 2.35. The number of hydrogen-bond donors (Lipinski definition) is 1. The molecule has 0 saturated carbocycles. The van der Waals surface area contributed by atoms with E-state index >= 15 is 0 Å². The molecule has 0 aliphatic rings. The molecule has 0 amide bonds. The van der Waals surface area contributed by atoms with Gasteiger partial charge in [-0.2, -0.15) is 5.26 Å². The highest BCUT2D eigenvalue weighted by Crippen LogP contribution is 2.45. The van der Waals surface area contributed by atoms with E-state index in [1.807, 2.05) is 0 Å². The van der Waals surface area contributed by atoms with E-state index in [1.165, 1.54) is 0 Å². The van der Waals surface area contributed by atoms with Crippen molar-refractivity contribution >= 4 is 7.82 Å². The average molecular weight is 207 g/mol. The van der Waals surface area contributed by atoms with Crippen LogP contribution in [0.5, 0.6) is 0 Å². The molecular weight excluding hydrogens is 193 g/mol. The summed E-state index contributed by atoms with van der Waals surface area (Å²) < 4.78 is 20.1. The van der Waals surface area contributed by atoms with E-state index in [-0.39, 0.29) is 12.5 Å². The van der Waals surface area contributed by atoms with Crippen molar-refractivity contribution in [2.75, 3.05) is 6.61 Å². The van der Waals surface area contributed by atoms with Gasteiger partial charge in [-0.15, -0.1) is 0 Å². The maximum absolute atomic E-state index is 11.0. The quantitative estimate of drug-likeness (QED) is 0.694. The Morgan fingerprint density at radius 2 is 2.15 bits per heavy atom. The van der Waals surface area contributed by atoms with Gasteiger partial charge in [0.15, 0.2) is 6.10 Å². The van der Waals surface area contributed by atoms with E-state index < -0.39 is 13.9 Å². The molecule has 13 heavy (non-hydrogen) atoms. The minimum Gasteiger partial charge on any atom is -0.302 e. The van der Waals surface area contributed by atoms with E-state index in [2.05, 4.69) is 9.05 Å². The largest absolute Gasteiger partial charge is 0.473 e. The Kier molecular flexibility index (Phi) is 5.19. The zero-order chi connectivity index (χ0) is 10.5. The molecular formula is C7H14NO4P. The fourth-order valence-corrected chi connectivity index (χ4v) is 1.60. The molecule has 5 nitrogen and oxygen atoms in total. The summed E-state index contributed by atoms with van der Waals surface area (Å²) in [6.07, 6.45) is -0.914. The molecule has 2 atom stereocenters. The number of nitriles is 1. The zero-order valence-corrected chi connectivity index (χ0v) is 8.82. The lowest BCUT2D eigenvalue weighted by Gasteiger charge is -2.17. The first kappa shape index (κ1) is 12.6. The molecule has 2 unspecified atom stereocenters. The molecule has 0 aliphatic carbocycles. The molecule has 0 spiro atoms. The lowest BCUT2D eigenvalue weighted by Crippen LogP contribution is -2.16. The molecule has 0 heterocycles. The summed E-state index contributed by atoms with van der Waals surface area (Å²) in [5, 5.41) is 8.57. The van der Waals surface area contributed by atoms with Gasteiger partial charge in [-0.25, -0.2) is 4.57 Å². The van der Waals surface area contributed by atoms with Crippen LogP contribution in [0.1, 0.15) is 20.8 Å². The first-order valence-electron chi connectivity index (χ1n) is 3.98. The Balaban J connectivity index is 4.25. The number of phosphoric acid groups is 1. The second-order valence-electron chi connectivity index (χ2n) is 2.79. The maximum atomic E-state index is 11.0. The number of hydrogen-bond acceptors (Lipinski definition) is 4. The highest BCUT2D eigenvalue weighted by molar-refractivity contribution is 7.47. The predicted molar refractivity (Wildman–Crippen MR) is 46.8 cm³/mol. The second-order valence-corrected chi connectivity index (χ2v) is 4.19. The van der Waals surface area contributed by atoms with Gasteiger partial charge in [0.05, 0.1) is 12.7 Å². The van der Waals surface area contributed by atoms with Crippen molar-refractivity contribution in [3.63, 3.8) is 0 Å². The molecule has 1 N–H and O–H groups in total. The van der Waals surface area contributed by atoms with Crippen LogP contribution in [0.15, 0.2) is 0 Å². The molecule has 0 bridgehead atoms. The van der Waals surface area contributed by atoms with Crippen molar-refractivity contribution in [1.82, 2.24) is 0 Å². The highest BCUT2D eigenvalue weighted by atomic mass is 31.2. The van der Waals surface area contributed by atoms with E-state index in [9.17, 15) is 4.57 Å². The number of nitrogens with zero attached hydrogens (tertiary/aromatic N) is 1. The lowest BCUT2D eigenvalue weighted by atomic mass is 10.1. The first-order valence-corrected chi connectivity index (χ1v) is 5.47. The van der Waals surface area contributed by atoms with Crippen molar-refractivity contribution in [2.45, 2.75) is 26.9 Å². The summed E-state index contributed by atoms with van der Waals surface area (Å²) in [5.41, 5.74) is 0. The summed E-state index contributed by atoms with van der Waals surface area (Å²) in [5.74, 6) is -0.147. The van der Waals surface area contributed by atoms with Crippen molar-refractivity contribution < 1.29 is 18.5 Å². The van der Waals surface area contributed by atoms with E-state index in [0.29, 0.717) is 0 Å². The van der Waals surface area contributed by atoms with Crippen LogP contribution >= 0.6 is 7.82 Å². The molecule has 0 fully saturated rings.